The molecule has 5 nitrogen and oxygen atoms in total. The summed E-state index contributed by atoms with van der Waals surface area (Å²) in [6.07, 6.45) is 0.614. The van der Waals surface area contributed by atoms with Crippen molar-refractivity contribution in [3.63, 3.8) is 0 Å². The number of amides is 1. The molecular formula is C28H21N3O2. The Morgan fingerprint density at radius 3 is 2.48 bits per heavy atom. The SMILES string of the molecule is N#Cc1ccccc1OCC(=O)N1N=C(c2ccc3ccccc3c2)C[C@@H]1c1ccccc1. The van der Waals surface area contributed by atoms with Crippen molar-refractivity contribution in [2.45, 2.75) is 12.5 Å². The third-order valence-corrected chi connectivity index (χ3v) is 5.79. The Kier molecular flexibility index (Phi) is 5.57. The van der Waals surface area contributed by atoms with E-state index in [4.69, 9.17) is 9.84 Å². The van der Waals surface area contributed by atoms with Gasteiger partial charge in [-0.05, 0) is 40.1 Å². The molecule has 0 aliphatic carbocycles. The van der Waals surface area contributed by atoms with E-state index in [0.717, 1.165) is 27.6 Å². The molecule has 0 spiro atoms. The Morgan fingerprint density at radius 1 is 0.939 bits per heavy atom. The molecule has 1 aliphatic rings. The maximum atomic E-state index is 13.2. The molecule has 5 heteroatoms. The number of hydrogen-bond donors (Lipinski definition) is 0. The van der Waals surface area contributed by atoms with Crippen LogP contribution in [0.15, 0.2) is 102 Å². The van der Waals surface area contributed by atoms with E-state index in [0.29, 0.717) is 17.7 Å². The minimum Gasteiger partial charge on any atom is -0.482 e. The molecule has 1 heterocycles. The summed E-state index contributed by atoms with van der Waals surface area (Å²) in [6.45, 7) is -0.198. The quantitative estimate of drug-likeness (QED) is 0.421. The predicted octanol–water partition coefficient (Wildman–Crippen LogP) is 5.47. The number of rotatable bonds is 5. The molecule has 0 saturated heterocycles. The fourth-order valence-corrected chi connectivity index (χ4v) is 4.11. The highest BCUT2D eigenvalue weighted by molar-refractivity contribution is 6.05. The first-order chi connectivity index (χ1) is 16.2. The van der Waals surface area contributed by atoms with Crippen LogP contribution in [0.3, 0.4) is 0 Å². The summed E-state index contributed by atoms with van der Waals surface area (Å²) in [4.78, 5) is 13.2. The van der Waals surface area contributed by atoms with Crippen LogP contribution in [0.25, 0.3) is 10.8 Å². The van der Waals surface area contributed by atoms with Crippen LogP contribution in [0.5, 0.6) is 5.75 Å². The molecular weight excluding hydrogens is 410 g/mol. The molecule has 160 valence electrons. The van der Waals surface area contributed by atoms with Gasteiger partial charge in [0.1, 0.15) is 11.8 Å². The van der Waals surface area contributed by atoms with Crippen molar-refractivity contribution < 1.29 is 9.53 Å². The van der Waals surface area contributed by atoms with E-state index in [1.807, 2.05) is 42.5 Å². The van der Waals surface area contributed by atoms with Gasteiger partial charge in [0, 0.05) is 6.42 Å². The molecule has 0 radical (unpaired) electrons. The number of hydrazone groups is 1. The topological polar surface area (TPSA) is 65.7 Å². The van der Waals surface area contributed by atoms with Crippen LogP contribution < -0.4 is 4.74 Å². The molecule has 1 amide bonds. The van der Waals surface area contributed by atoms with Crippen molar-refractivity contribution in [3.8, 4) is 11.8 Å². The van der Waals surface area contributed by atoms with Gasteiger partial charge in [0.05, 0.1) is 17.3 Å². The van der Waals surface area contributed by atoms with Crippen molar-refractivity contribution in [2.75, 3.05) is 6.61 Å². The first kappa shape index (κ1) is 20.5. The lowest BCUT2D eigenvalue weighted by molar-refractivity contribution is -0.135. The Morgan fingerprint density at radius 2 is 1.67 bits per heavy atom. The Bertz CT molecular complexity index is 1390. The first-order valence-electron chi connectivity index (χ1n) is 10.8. The van der Waals surface area contributed by atoms with E-state index in [-0.39, 0.29) is 18.6 Å². The van der Waals surface area contributed by atoms with Crippen LogP contribution in [-0.4, -0.2) is 23.2 Å². The second-order valence-corrected chi connectivity index (χ2v) is 7.87. The van der Waals surface area contributed by atoms with Crippen LogP contribution >= 0.6 is 0 Å². The van der Waals surface area contributed by atoms with Crippen LogP contribution in [0.1, 0.15) is 29.2 Å². The van der Waals surface area contributed by atoms with Crippen molar-refractivity contribution in [1.29, 1.82) is 5.26 Å². The van der Waals surface area contributed by atoms with E-state index in [9.17, 15) is 10.1 Å². The molecule has 1 aliphatic heterocycles. The van der Waals surface area contributed by atoms with Crippen molar-refractivity contribution in [2.24, 2.45) is 5.10 Å². The number of nitriles is 1. The van der Waals surface area contributed by atoms with E-state index >= 15 is 0 Å². The highest BCUT2D eigenvalue weighted by atomic mass is 16.5. The van der Waals surface area contributed by atoms with Crippen LogP contribution in [0.2, 0.25) is 0 Å². The van der Waals surface area contributed by atoms with Gasteiger partial charge in [0.15, 0.2) is 6.61 Å². The summed E-state index contributed by atoms with van der Waals surface area (Å²) in [5, 5.41) is 17.8. The third kappa shape index (κ3) is 4.19. The Labute approximate surface area is 192 Å². The lowest BCUT2D eigenvalue weighted by Gasteiger charge is -2.22. The standard InChI is InChI=1S/C28H21N3O2/c29-18-24-12-6-7-13-27(24)33-19-28(32)31-26(21-9-2-1-3-10-21)17-25(30-31)23-15-14-20-8-4-5-11-22(20)16-23/h1-16,26H,17,19H2/t26-/m1/s1. The third-order valence-electron chi connectivity index (χ3n) is 5.79. The van der Waals surface area contributed by atoms with Crippen LogP contribution in [-0.2, 0) is 4.79 Å². The second kappa shape index (κ2) is 8.97. The van der Waals surface area contributed by atoms with Crippen LogP contribution in [0, 0.1) is 11.3 Å². The van der Waals surface area contributed by atoms with Crippen molar-refractivity contribution >= 4 is 22.4 Å². The molecule has 1 atom stereocenters. The number of nitrogens with zero attached hydrogens (tertiary/aromatic N) is 3. The lowest BCUT2D eigenvalue weighted by Crippen LogP contribution is -2.31. The fourth-order valence-electron chi connectivity index (χ4n) is 4.11. The predicted molar refractivity (Wildman–Crippen MR) is 128 cm³/mol. The molecule has 0 aromatic heterocycles. The molecule has 4 aromatic rings. The van der Waals surface area contributed by atoms with E-state index in [1.54, 1.807) is 24.3 Å². The highest BCUT2D eigenvalue weighted by Crippen LogP contribution is 2.33. The summed E-state index contributed by atoms with van der Waals surface area (Å²) in [5.74, 6) is 0.134. The monoisotopic (exact) mass is 431 g/mol. The first-order valence-corrected chi connectivity index (χ1v) is 10.8. The summed E-state index contributed by atoms with van der Waals surface area (Å²) in [6, 6.07) is 33.1. The molecule has 4 aromatic carbocycles. The zero-order chi connectivity index (χ0) is 22.6. The van der Waals surface area contributed by atoms with Crippen molar-refractivity contribution in [3.05, 3.63) is 114 Å². The van der Waals surface area contributed by atoms with E-state index in [2.05, 4.69) is 36.4 Å². The number of fused-ring (bicyclic) bond motifs is 1. The minimum atomic E-state index is -0.257. The fraction of sp³-hybridized carbons (Fsp3) is 0.107. The second-order valence-electron chi connectivity index (χ2n) is 7.87. The number of carbonyl (C=O) groups is 1. The van der Waals surface area contributed by atoms with E-state index < -0.39 is 0 Å². The van der Waals surface area contributed by atoms with Gasteiger partial charge in [0.25, 0.3) is 5.91 Å². The molecule has 0 unspecified atom stereocenters. The van der Waals surface area contributed by atoms with Gasteiger partial charge < -0.3 is 4.74 Å². The summed E-state index contributed by atoms with van der Waals surface area (Å²) in [5.41, 5.74) is 3.27. The molecule has 0 saturated carbocycles. The van der Waals surface area contributed by atoms with Gasteiger partial charge in [-0.2, -0.15) is 10.4 Å². The zero-order valence-electron chi connectivity index (χ0n) is 17.9. The molecule has 0 bridgehead atoms. The van der Waals surface area contributed by atoms with Gasteiger partial charge in [0.2, 0.25) is 0 Å². The normalized spacial score (nSPS) is 15.2. The molecule has 5 rings (SSSR count). The summed E-state index contributed by atoms with van der Waals surface area (Å²) < 4.78 is 5.70. The maximum absolute atomic E-state index is 13.2. The summed E-state index contributed by atoms with van der Waals surface area (Å²) >= 11 is 0. The van der Waals surface area contributed by atoms with Crippen LogP contribution in [0.4, 0.5) is 0 Å². The number of carbonyl (C=O) groups excluding carboxylic acids is 1. The minimum absolute atomic E-state index is 0.198. The smallest absolute Gasteiger partial charge is 0.281 e. The average Bonchev–Trinajstić information content (AvgIpc) is 3.33. The summed E-state index contributed by atoms with van der Waals surface area (Å²) in [7, 11) is 0. The highest BCUT2D eigenvalue weighted by Gasteiger charge is 2.33. The van der Waals surface area contributed by atoms with Gasteiger partial charge in [-0.3, -0.25) is 4.79 Å². The van der Waals surface area contributed by atoms with Gasteiger partial charge in [-0.1, -0.05) is 78.9 Å². The average molecular weight is 431 g/mol. The maximum Gasteiger partial charge on any atom is 0.281 e. The number of benzene rings is 4. The molecule has 0 N–H and O–H groups in total. The molecule has 0 fully saturated rings. The van der Waals surface area contributed by atoms with Gasteiger partial charge in [-0.15, -0.1) is 0 Å². The Hall–Kier alpha value is -4.43. The van der Waals surface area contributed by atoms with Crippen molar-refractivity contribution in [1.82, 2.24) is 5.01 Å². The number of para-hydroxylation sites is 1. The lowest BCUT2D eigenvalue weighted by atomic mass is 9.97. The largest absolute Gasteiger partial charge is 0.482 e. The Balaban J connectivity index is 1.44. The van der Waals surface area contributed by atoms with Gasteiger partial charge >= 0.3 is 0 Å². The number of ether oxygens (including phenoxy) is 1. The number of hydrogen-bond acceptors (Lipinski definition) is 4. The van der Waals surface area contributed by atoms with Gasteiger partial charge in [-0.25, -0.2) is 5.01 Å². The van der Waals surface area contributed by atoms with E-state index in [1.165, 1.54) is 5.01 Å². The zero-order valence-corrected chi connectivity index (χ0v) is 17.9. The molecule has 33 heavy (non-hydrogen) atoms.